The molecule has 2 aromatic rings. The summed E-state index contributed by atoms with van der Waals surface area (Å²) in [6, 6.07) is 13.9. The monoisotopic (exact) mass is 411 g/mol. The molecule has 2 aromatic carbocycles. The second-order valence-corrected chi connectivity index (χ2v) is 7.52. The third-order valence-electron chi connectivity index (χ3n) is 5.19. The Balaban J connectivity index is 1.59. The fourth-order valence-corrected chi connectivity index (χ4v) is 3.35. The first kappa shape index (κ1) is 21.8. The lowest BCUT2D eigenvalue weighted by atomic mass is 10.1. The SMILES string of the molecule is COc1ccc(/C(C)=N\NC(=O)CNc2ccc(C)cc2)cc1C[NH+]1CCOCC1. The number of methoxy groups -OCH3 is 1. The van der Waals surface area contributed by atoms with Gasteiger partial charge < -0.3 is 19.7 Å². The highest BCUT2D eigenvalue weighted by atomic mass is 16.5. The van der Waals surface area contributed by atoms with Gasteiger partial charge in [0.25, 0.3) is 5.91 Å². The van der Waals surface area contributed by atoms with Crippen molar-refractivity contribution >= 4 is 17.3 Å². The number of nitrogens with one attached hydrogen (secondary N) is 3. The van der Waals surface area contributed by atoms with Crippen LogP contribution in [0.25, 0.3) is 0 Å². The number of anilines is 1. The van der Waals surface area contributed by atoms with E-state index in [9.17, 15) is 4.79 Å². The molecule has 3 rings (SSSR count). The van der Waals surface area contributed by atoms with Crippen LogP contribution >= 0.6 is 0 Å². The predicted octanol–water partition coefficient (Wildman–Crippen LogP) is 1.37. The number of benzene rings is 2. The third-order valence-corrected chi connectivity index (χ3v) is 5.19. The minimum Gasteiger partial charge on any atom is -0.496 e. The van der Waals surface area contributed by atoms with Gasteiger partial charge in [0, 0.05) is 11.3 Å². The van der Waals surface area contributed by atoms with Crippen molar-refractivity contribution < 1.29 is 19.2 Å². The summed E-state index contributed by atoms with van der Waals surface area (Å²) in [6.07, 6.45) is 0. The van der Waals surface area contributed by atoms with Gasteiger partial charge in [-0.25, -0.2) is 5.43 Å². The Morgan fingerprint density at radius 1 is 1.17 bits per heavy atom. The maximum absolute atomic E-state index is 12.1. The Bertz CT molecular complexity index is 875. The molecule has 0 saturated carbocycles. The average molecular weight is 412 g/mol. The summed E-state index contributed by atoms with van der Waals surface area (Å²) < 4.78 is 11.0. The van der Waals surface area contributed by atoms with Crippen molar-refractivity contribution in [1.82, 2.24) is 5.43 Å². The van der Waals surface area contributed by atoms with Gasteiger partial charge in [0.1, 0.15) is 25.4 Å². The molecular formula is C23H31N4O3+. The van der Waals surface area contributed by atoms with Crippen LogP contribution in [0.5, 0.6) is 5.75 Å². The van der Waals surface area contributed by atoms with Crippen LogP contribution < -0.4 is 20.4 Å². The van der Waals surface area contributed by atoms with E-state index in [0.29, 0.717) is 0 Å². The zero-order valence-corrected chi connectivity index (χ0v) is 18.0. The first-order valence-electron chi connectivity index (χ1n) is 10.3. The van der Waals surface area contributed by atoms with Crippen LogP contribution in [0.1, 0.15) is 23.6 Å². The van der Waals surface area contributed by atoms with Crippen LogP contribution in [0.2, 0.25) is 0 Å². The number of morpholine rings is 1. The maximum Gasteiger partial charge on any atom is 0.259 e. The highest BCUT2D eigenvalue weighted by molar-refractivity contribution is 5.99. The van der Waals surface area contributed by atoms with E-state index in [1.54, 1.807) is 7.11 Å². The minimum absolute atomic E-state index is 0.161. The number of carbonyl (C=O) groups excluding carboxylic acids is 1. The van der Waals surface area contributed by atoms with Gasteiger partial charge in [-0.15, -0.1) is 0 Å². The van der Waals surface area contributed by atoms with E-state index in [4.69, 9.17) is 9.47 Å². The largest absolute Gasteiger partial charge is 0.496 e. The van der Waals surface area contributed by atoms with Crippen LogP contribution in [-0.4, -0.2) is 51.6 Å². The maximum atomic E-state index is 12.1. The van der Waals surface area contributed by atoms with Crippen LogP contribution in [0, 0.1) is 6.92 Å². The van der Waals surface area contributed by atoms with E-state index in [2.05, 4.69) is 21.9 Å². The van der Waals surface area contributed by atoms with E-state index in [1.807, 2.05) is 50.2 Å². The predicted molar refractivity (Wildman–Crippen MR) is 118 cm³/mol. The van der Waals surface area contributed by atoms with E-state index >= 15 is 0 Å². The van der Waals surface area contributed by atoms with Gasteiger partial charge in [-0.2, -0.15) is 5.10 Å². The van der Waals surface area contributed by atoms with Crippen LogP contribution in [0.4, 0.5) is 5.69 Å². The lowest BCUT2D eigenvalue weighted by Gasteiger charge is -2.24. The van der Waals surface area contributed by atoms with Crippen molar-refractivity contribution in [1.29, 1.82) is 0 Å². The molecule has 1 amide bonds. The summed E-state index contributed by atoms with van der Waals surface area (Å²) >= 11 is 0. The zero-order valence-electron chi connectivity index (χ0n) is 18.0. The molecule has 0 aromatic heterocycles. The normalized spacial score (nSPS) is 15.0. The quantitative estimate of drug-likeness (QED) is 0.453. The molecule has 0 atom stereocenters. The standard InChI is InChI=1S/C23H30N4O3/c1-17-4-7-21(8-5-17)24-15-23(28)26-25-18(2)19-6-9-22(29-3)20(14-19)16-27-10-12-30-13-11-27/h4-9,14,24H,10-13,15-16H2,1-3H3,(H,26,28)/p+1/b25-18-. The molecule has 7 nitrogen and oxygen atoms in total. The number of quaternary nitrogens is 1. The molecule has 7 heteroatoms. The molecule has 0 aliphatic carbocycles. The summed E-state index contributed by atoms with van der Waals surface area (Å²) in [5.74, 6) is 0.679. The van der Waals surface area contributed by atoms with Crippen molar-refractivity contribution in [2.45, 2.75) is 20.4 Å². The van der Waals surface area contributed by atoms with Crippen molar-refractivity contribution in [3.05, 3.63) is 59.2 Å². The number of hydrogen-bond donors (Lipinski definition) is 3. The van der Waals surface area contributed by atoms with Gasteiger partial charge in [-0.1, -0.05) is 17.7 Å². The van der Waals surface area contributed by atoms with E-state index < -0.39 is 0 Å². The van der Waals surface area contributed by atoms with E-state index in [-0.39, 0.29) is 12.5 Å². The molecule has 3 N–H and O–H groups in total. The second-order valence-electron chi connectivity index (χ2n) is 7.52. The molecular weight excluding hydrogens is 380 g/mol. The number of hydrogen-bond acceptors (Lipinski definition) is 5. The number of ether oxygens (including phenoxy) is 2. The zero-order chi connectivity index (χ0) is 21.3. The summed E-state index contributed by atoms with van der Waals surface area (Å²) in [4.78, 5) is 13.6. The Labute approximate surface area is 178 Å². The van der Waals surface area contributed by atoms with Gasteiger partial charge in [0.15, 0.2) is 0 Å². The molecule has 1 heterocycles. The van der Waals surface area contributed by atoms with Crippen molar-refractivity contribution in [2.75, 3.05) is 45.3 Å². The smallest absolute Gasteiger partial charge is 0.259 e. The number of amides is 1. The Morgan fingerprint density at radius 3 is 2.60 bits per heavy atom. The van der Waals surface area contributed by atoms with Crippen LogP contribution in [-0.2, 0) is 16.1 Å². The fraction of sp³-hybridized carbons (Fsp3) is 0.391. The van der Waals surface area contributed by atoms with Crippen LogP contribution in [0.3, 0.4) is 0 Å². The third kappa shape index (κ3) is 6.30. The number of aryl methyl sites for hydroxylation is 1. The summed E-state index contributed by atoms with van der Waals surface area (Å²) in [5, 5.41) is 7.37. The Morgan fingerprint density at radius 2 is 1.90 bits per heavy atom. The molecule has 1 aliphatic rings. The molecule has 30 heavy (non-hydrogen) atoms. The molecule has 1 saturated heterocycles. The van der Waals surface area contributed by atoms with E-state index in [0.717, 1.165) is 61.1 Å². The fourth-order valence-electron chi connectivity index (χ4n) is 3.35. The summed E-state index contributed by atoms with van der Waals surface area (Å²) in [6.45, 7) is 8.52. The minimum atomic E-state index is -0.193. The van der Waals surface area contributed by atoms with Gasteiger partial charge in [-0.3, -0.25) is 4.79 Å². The summed E-state index contributed by atoms with van der Waals surface area (Å²) in [5.41, 5.74) is 7.56. The second kappa shape index (κ2) is 10.8. The highest BCUT2D eigenvalue weighted by Gasteiger charge is 2.17. The summed E-state index contributed by atoms with van der Waals surface area (Å²) in [7, 11) is 1.69. The molecule has 1 aliphatic heterocycles. The van der Waals surface area contributed by atoms with Gasteiger partial charge >= 0.3 is 0 Å². The molecule has 0 unspecified atom stereocenters. The average Bonchev–Trinajstić information content (AvgIpc) is 2.77. The van der Waals surface area contributed by atoms with Crippen molar-refractivity contribution in [3.63, 3.8) is 0 Å². The topological polar surface area (TPSA) is 76.4 Å². The van der Waals surface area contributed by atoms with E-state index in [1.165, 1.54) is 10.5 Å². The number of hydrazone groups is 1. The van der Waals surface area contributed by atoms with Gasteiger partial charge in [0.05, 0.1) is 32.6 Å². The highest BCUT2D eigenvalue weighted by Crippen LogP contribution is 2.19. The lowest BCUT2D eigenvalue weighted by Crippen LogP contribution is -3.12. The first-order valence-corrected chi connectivity index (χ1v) is 10.3. The molecule has 0 radical (unpaired) electrons. The molecule has 0 spiro atoms. The Hall–Kier alpha value is -2.90. The molecule has 160 valence electrons. The number of carbonyl (C=O) groups is 1. The van der Waals surface area contributed by atoms with Crippen molar-refractivity contribution in [3.8, 4) is 5.75 Å². The van der Waals surface area contributed by atoms with Crippen molar-refractivity contribution in [2.24, 2.45) is 5.10 Å². The number of nitrogens with zero attached hydrogens (tertiary/aromatic N) is 1. The number of rotatable bonds is 8. The van der Waals surface area contributed by atoms with Crippen LogP contribution in [0.15, 0.2) is 47.6 Å². The Kier molecular flexibility index (Phi) is 7.82. The lowest BCUT2D eigenvalue weighted by molar-refractivity contribution is -0.921. The molecule has 0 bridgehead atoms. The van der Waals surface area contributed by atoms with Gasteiger partial charge in [0.2, 0.25) is 0 Å². The molecule has 1 fully saturated rings. The van der Waals surface area contributed by atoms with Gasteiger partial charge in [-0.05, 0) is 49.7 Å². The first-order chi connectivity index (χ1) is 14.5.